The molecule has 2 fully saturated rings. The summed E-state index contributed by atoms with van der Waals surface area (Å²) in [6.45, 7) is 4.22. The van der Waals surface area contributed by atoms with E-state index in [2.05, 4.69) is 40.2 Å². The number of aldehydes is 1. The summed E-state index contributed by atoms with van der Waals surface area (Å²) in [5, 5.41) is 19.2. The second-order valence-corrected chi connectivity index (χ2v) is 9.20. The topological polar surface area (TPSA) is 93.2 Å². The maximum absolute atomic E-state index is 11.6. The fourth-order valence-electron chi connectivity index (χ4n) is 5.29. The van der Waals surface area contributed by atoms with E-state index in [1.165, 1.54) is 5.57 Å². The molecule has 2 saturated carbocycles. The molecule has 4 N–H and O–H groups in total. The first-order valence-corrected chi connectivity index (χ1v) is 10.8. The standard InChI is InChI=1S/C21H31BrN4O2/c1-5-12(2)18(17(22)10-24-3)21(28)8-14-6-13(7-15(14)9-21)19-16(11-27)20(23)26(4)25-19/h10-11,13-15,24,28H,5-9,23H2,1-4H3/b17-10+,18-12-. The Morgan fingerprint density at radius 1 is 1.43 bits per heavy atom. The van der Waals surface area contributed by atoms with Crippen molar-refractivity contribution in [3.63, 3.8) is 0 Å². The Balaban J connectivity index is 1.84. The summed E-state index contributed by atoms with van der Waals surface area (Å²) in [6.07, 6.45) is 6.99. The molecule has 0 aromatic carbocycles. The summed E-state index contributed by atoms with van der Waals surface area (Å²) >= 11 is 3.66. The molecular formula is C21H31BrN4O2. The van der Waals surface area contributed by atoms with Gasteiger partial charge >= 0.3 is 0 Å². The van der Waals surface area contributed by atoms with Crippen LogP contribution in [0.2, 0.25) is 0 Å². The van der Waals surface area contributed by atoms with Crippen LogP contribution in [0.4, 0.5) is 5.82 Å². The van der Waals surface area contributed by atoms with Gasteiger partial charge in [0.05, 0.1) is 16.9 Å². The number of nitrogens with zero attached hydrogens (tertiary/aromatic N) is 2. The number of aromatic nitrogens is 2. The van der Waals surface area contributed by atoms with E-state index in [1.54, 1.807) is 11.7 Å². The molecule has 2 aliphatic rings. The number of nitrogens with two attached hydrogens (primary N) is 1. The maximum atomic E-state index is 11.6. The smallest absolute Gasteiger partial charge is 0.155 e. The predicted octanol–water partition coefficient (Wildman–Crippen LogP) is 3.63. The SMILES string of the molecule is CC/C(C)=C(/C(Br)=C\NC)C1(O)CC2CC(c3nn(C)c(N)c3C=O)CC2C1. The van der Waals surface area contributed by atoms with E-state index in [1.807, 2.05) is 13.2 Å². The van der Waals surface area contributed by atoms with Crippen molar-refractivity contribution in [1.29, 1.82) is 0 Å². The first-order valence-electron chi connectivity index (χ1n) is 9.99. The van der Waals surface area contributed by atoms with Crippen LogP contribution >= 0.6 is 15.9 Å². The molecule has 1 heterocycles. The molecule has 0 amide bonds. The number of allylic oxidation sites excluding steroid dienone is 1. The maximum Gasteiger partial charge on any atom is 0.155 e. The number of nitrogens with one attached hydrogen (secondary N) is 1. The van der Waals surface area contributed by atoms with Gasteiger partial charge in [-0.2, -0.15) is 5.10 Å². The summed E-state index contributed by atoms with van der Waals surface area (Å²) in [5.41, 5.74) is 8.76. The van der Waals surface area contributed by atoms with Crippen LogP contribution in [0.1, 0.15) is 67.9 Å². The quantitative estimate of drug-likeness (QED) is 0.454. The lowest BCUT2D eigenvalue weighted by Gasteiger charge is -2.30. The van der Waals surface area contributed by atoms with Gasteiger partial charge in [0.15, 0.2) is 6.29 Å². The van der Waals surface area contributed by atoms with E-state index in [-0.39, 0.29) is 5.92 Å². The Morgan fingerprint density at radius 2 is 2.04 bits per heavy atom. The Hall–Kier alpha value is -1.60. The lowest BCUT2D eigenvalue weighted by Crippen LogP contribution is -2.30. The highest BCUT2D eigenvalue weighted by atomic mass is 79.9. The zero-order valence-electron chi connectivity index (χ0n) is 17.1. The van der Waals surface area contributed by atoms with Gasteiger partial charge in [-0.3, -0.25) is 9.48 Å². The van der Waals surface area contributed by atoms with Crippen LogP contribution in [-0.2, 0) is 7.05 Å². The monoisotopic (exact) mass is 450 g/mol. The van der Waals surface area contributed by atoms with Crippen LogP contribution in [0, 0.1) is 11.8 Å². The second-order valence-electron chi connectivity index (χ2n) is 8.34. The number of hydrogen-bond acceptors (Lipinski definition) is 5. The molecule has 2 aliphatic carbocycles. The van der Waals surface area contributed by atoms with Crippen molar-refractivity contribution in [1.82, 2.24) is 15.1 Å². The summed E-state index contributed by atoms with van der Waals surface area (Å²) in [6, 6.07) is 0. The van der Waals surface area contributed by atoms with E-state index >= 15 is 0 Å². The number of aliphatic hydroxyl groups is 1. The van der Waals surface area contributed by atoms with Gasteiger partial charge < -0.3 is 16.2 Å². The normalized spacial score (nSPS) is 30.9. The third-order valence-corrected chi connectivity index (χ3v) is 7.26. The molecule has 1 aromatic heterocycles. The molecule has 154 valence electrons. The highest BCUT2D eigenvalue weighted by molar-refractivity contribution is 9.12. The van der Waals surface area contributed by atoms with Crippen LogP contribution in [-0.4, -0.2) is 33.8 Å². The van der Waals surface area contributed by atoms with Crippen molar-refractivity contribution in [2.24, 2.45) is 18.9 Å². The van der Waals surface area contributed by atoms with Crippen molar-refractivity contribution in [2.75, 3.05) is 12.8 Å². The van der Waals surface area contributed by atoms with E-state index in [4.69, 9.17) is 5.73 Å². The van der Waals surface area contributed by atoms with Gasteiger partial charge in [0.1, 0.15) is 5.82 Å². The van der Waals surface area contributed by atoms with Crippen LogP contribution in [0.3, 0.4) is 0 Å². The van der Waals surface area contributed by atoms with Crippen LogP contribution in [0.15, 0.2) is 21.8 Å². The molecule has 0 bridgehead atoms. The molecule has 6 nitrogen and oxygen atoms in total. The summed E-state index contributed by atoms with van der Waals surface area (Å²) in [7, 11) is 3.64. The molecule has 28 heavy (non-hydrogen) atoms. The number of nitrogen functional groups attached to an aromatic ring is 1. The van der Waals surface area contributed by atoms with E-state index in [0.717, 1.165) is 54.1 Å². The third-order valence-electron chi connectivity index (χ3n) is 6.64. The predicted molar refractivity (Wildman–Crippen MR) is 115 cm³/mol. The Bertz CT molecular complexity index is 813. The molecule has 0 spiro atoms. The number of hydrogen-bond donors (Lipinski definition) is 3. The van der Waals surface area contributed by atoms with Gasteiger partial charge in [0.25, 0.3) is 0 Å². The Morgan fingerprint density at radius 3 is 2.54 bits per heavy atom. The van der Waals surface area contributed by atoms with Crippen molar-refractivity contribution in [3.8, 4) is 0 Å². The first kappa shape index (κ1) is 21.1. The molecule has 3 rings (SSSR count). The largest absolute Gasteiger partial charge is 0.393 e. The van der Waals surface area contributed by atoms with Crippen molar-refractivity contribution < 1.29 is 9.90 Å². The molecule has 0 saturated heterocycles. The van der Waals surface area contributed by atoms with Crippen molar-refractivity contribution >= 4 is 28.0 Å². The van der Waals surface area contributed by atoms with Crippen LogP contribution in [0.5, 0.6) is 0 Å². The minimum atomic E-state index is -0.816. The second kappa shape index (κ2) is 8.03. The van der Waals surface area contributed by atoms with Gasteiger partial charge in [-0.1, -0.05) is 12.5 Å². The zero-order chi connectivity index (χ0) is 20.6. The Kier molecular flexibility index (Phi) is 6.05. The fraction of sp³-hybridized carbons (Fsp3) is 0.619. The fourth-order valence-corrected chi connectivity index (χ4v) is 6.22. The number of carbonyl (C=O) groups excluding carboxylic acids is 1. The number of fused-ring (bicyclic) bond motifs is 1. The highest BCUT2D eigenvalue weighted by Crippen LogP contribution is 2.57. The average molecular weight is 451 g/mol. The Labute approximate surface area is 175 Å². The van der Waals surface area contributed by atoms with E-state index < -0.39 is 5.60 Å². The number of aryl methyl sites for hydroxylation is 1. The van der Waals surface area contributed by atoms with E-state index in [9.17, 15) is 9.90 Å². The highest BCUT2D eigenvalue weighted by Gasteiger charge is 2.51. The summed E-state index contributed by atoms with van der Waals surface area (Å²) < 4.78 is 2.52. The summed E-state index contributed by atoms with van der Waals surface area (Å²) in [4.78, 5) is 11.5. The van der Waals surface area contributed by atoms with Gasteiger partial charge in [-0.25, -0.2) is 0 Å². The number of rotatable bonds is 6. The molecule has 2 atom stereocenters. The summed E-state index contributed by atoms with van der Waals surface area (Å²) in [5.74, 6) is 1.52. The molecule has 1 aromatic rings. The zero-order valence-corrected chi connectivity index (χ0v) is 18.7. The van der Waals surface area contributed by atoms with Gasteiger partial charge in [0, 0.05) is 30.7 Å². The minimum Gasteiger partial charge on any atom is -0.393 e. The number of halogens is 1. The van der Waals surface area contributed by atoms with Crippen molar-refractivity contribution in [2.45, 2.75) is 57.5 Å². The number of carbonyl (C=O) groups is 1. The molecule has 0 aliphatic heterocycles. The molecular weight excluding hydrogens is 420 g/mol. The first-order chi connectivity index (χ1) is 13.3. The minimum absolute atomic E-state index is 0.235. The van der Waals surface area contributed by atoms with Gasteiger partial charge in [0.2, 0.25) is 0 Å². The average Bonchev–Trinajstić information content (AvgIpc) is 3.25. The van der Waals surface area contributed by atoms with Crippen molar-refractivity contribution in [3.05, 3.63) is 33.1 Å². The van der Waals surface area contributed by atoms with Crippen LogP contribution < -0.4 is 11.1 Å². The molecule has 0 radical (unpaired) electrons. The lowest BCUT2D eigenvalue weighted by molar-refractivity contribution is 0.0778. The molecule has 7 heteroatoms. The number of anilines is 1. The van der Waals surface area contributed by atoms with Crippen LogP contribution in [0.25, 0.3) is 0 Å². The van der Waals surface area contributed by atoms with E-state index in [0.29, 0.717) is 23.2 Å². The van der Waals surface area contributed by atoms with Gasteiger partial charge in [-0.05, 0) is 72.4 Å². The lowest BCUT2D eigenvalue weighted by atomic mass is 9.84. The molecule has 2 unspecified atom stereocenters. The van der Waals surface area contributed by atoms with Gasteiger partial charge in [-0.15, -0.1) is 0 Å². The third kappa shape index (κ3) is 3.54.